The lowest BCUT2D eigenvalue weighted by molar-refractivity contribution is -0.375. The van der Waals surface area contributed by atoms with Crippen molar-refractivity contribution in [2.24, 2.45) is 53.3 Å². The molecule has 5 saturated carbocycles. The fraction of sp³-hybridized carbons (Fsp3) is 0.952. The molecular formula is C21H32O2. The molecule has 0 aromatic carbocycles. The first-order chi connectivity index (χ1) is 11.3. The van der Waals surface area contributed by atoms with Gasteiger partial charge in [-0.3, -0.25) is 4.79 Å². The molecule has 9 atom stereocenters. The molecule has 23 heavy (non-hydrogen) atoms. The van der Waals surface area contributed by atoms with Crippen LogP contribution in [0.4, 0.5) is 0 Å². The standard InChI is InChI=1S/C21H32O2/c1-23-16(22)8-6-4-2-3-5-7-12-11-15-17(12)21-19-14-10-9-13(14)18(19)20(15)21/h12-15,17-21H,2-11H2,1H3/t12-,13-,14+,15-,17+,18+,19-,20-,21+/m1/s1. The van der Waals surface area contributed by atoms with Crippen molar-refractivity contribution in [1.29, 1.82) is 0 Å². The largest absolute Gasteiger partial charge is 0.469 e. The van der Waals surface area contributed by atoms with Gasteiger partial charge in [0.1, 0.15) is 0 Å². The number of unbranched alkanes of at least 4 members (excludes halogenated alkanes) is 4. The summed E-state index contributed by atoms with van der Waals surface area (Å²) in [5.74, 6) is 10.7. The maximum absolute atomic E-state index is 11.1. The second kappa shape index (κ2) is 5.49. The van der Waals surface area contributed by atoms with Crippen LogP contribution in [0.5, 0.6) is 0 Å². The monoisotopic (exact) mass is 316 g/mol. The van der Waals surface area contributed by atoms with E-state index in [-0.39, 0.29) is 5.97 Å². The molecule has 0 aromatic heterocycles. The van der Waals surface area contributed by atoms with Gasteiger partial charge in [0, 0.05) is 6.42 Å². The first-order valence-corrected chi connectivity index (χ1v) is 10.4. The fourth-order valence-electron chi connectivity index (χ4n) is 7.77. The quantitative estimate of drug-likeness (QED) is 0.369. The smallest absolute Gasteiger partial charge is 0.305 e. The fourth-order valence-corrected chi connectivity index (χ4v) is 7.77. The minimum Gasteiger partial charge on any atom is -0.469 e. The number of fused-ring (bicyclic) bond motifs is 10. The summed E-state index contributed by atoms with van der Waals surface area (Å²) >= 11 is 0. The zero-order valence-electron chi connectivity index (χ0n) is 14.6. The van der Waals surface area contributed by atoms with Gasteiger partial charge in [-0.2, -0.15) is 0 Å². The number of hydrogen-bond acceptors (Lipinski definition) is 2. The Bertz CT molecular complexity index is 480. The van der Waals surface area contributed by atoms with Crippen LogP contribution < -0.4 is 0 Å². The van der Waals surface area contributed by atoms with Gasteiger partial charge in [-0.15, -0.1) is 0 Å². The summed E-state index contributed by atoms with van der Waals surface area (Å²) in [5.41, 5.74) is 0. The van der Waals surface area contributed by atoms with E-state index in [2.05, 4.69) is 4.74 Å². The van der Waals surface area contributed by atoms with Crippen LogP contribution in [0, 0.1) is 53.3 Å². The van der Waals surface area contributed by atoms with E-state index in [1.807, 2.05) is 0 Å². The normalized spacial score (nSPS) is 50.4. The minimum absolute atomic E-state index is 0.0476. The van der Waals surface area contributed by atoms with Gasteiger partial charge in [-0.05, 0) is 78.9 Å². The van der Waals surface area contributed by atoms with Crippen LogP contribution in [0.2, 0.25) is 0 Å². The molecule has 0 amide bonds. The summed E-state index contributed by atoms with van der Waals surface area (Å²) in [4.78, 5) is 11.1. The summed E-state index contributed by atoms with van der Waals surface area (Å²) in [6, 6.07) is 0. The first kappa shape index (κ1) is 14.8. The Morgan fingerprint density at radius 1 is 0.826 bits per heavy atom. The van der Waals surface area contributed by atoms with E-state index >= 15 is 0 Å². The molecule has 0 N–H and O–H groups in total. The lowest BCUT2D eigenvalue weighted by Crippen LogP contribution is -2.80. The molecule has 0 aromatic rings. The highest BCUT2D eigenvalue weighted by Gasteiger charge is 2.79. The molecule has 0 heterocycles. The Kier molecular flexibility index (Phi) is 3.53. The van der Waals surface area contributed by atoms with Gasteiger partial charge in [-0.1, -0.05) is 32.1 Å². The van der Waals surface area contributed by atoms with Gasteiger partial charge in [0.2, 0.25) is 0 Å². The molecule has 0 aliphatic heterocycles. The van der Waals surface area contributed by atoms with Gasteiger partial charge in [-0.25, -0.2) is 0 Å². The molecule has 5 aliphatic carbocycles. The van der Waals surface area contributed by atoms with Gasteiger partial charge in [0.25, 0.3) is 0 Å². The Morgan fingerprint density at radius 3 is 2.22 bits per heavy atom. The molecule has 2 heteroatoms. The van der Waals surface area contributed by atoms with Crippen molar-refractivity contribution in [2.45, 2.75) is 64.2 Å². The lowest BCUT2D eigenvalue weighted by atomic mass is 9.20. The number of methoxy groups -OCH3 is 1. The average Bonchev–Trinajstić information content (AvgIpc) is 2.51. The number of hydrogen-bond donors (Lipinski definition) is 0. The third-order valence-electron chi connectivity index (χ3n) is 8.89. The van der Waals surface area contributed by atoms with Crippen LogP contribution in [-0.2, 0) is 9.53 Å². The van der Waals surface area contributed by atoms with E-state index in [1.165, 1.54) is 86.6 Å². The molecule has 5 fully saturated rings. The molecule has 0 spiro atoms. The van der Waals surface area contributed by atoms with Crippen molar-refractivity contribution in [3.8, 4) is 0 Å². The second-order valence-electron chi connectivity index (χ2n) is 9.33. The van der Waals surface area contributed by atoms with E-state index in [0.29, 0.717) is 6.42 Å². The summed E-state index contributed by atoms with van der Waals surface area (Å²) in [5, 5.41) is 0. The average molecular weight is 316 g/mol. The van der Waals surface area contributed by atoms with Gasteiger partial charge in [0.05, 0.1) is 7.11 Å². The van der Waals surface area contributed by atoms with Crippen LogP contribution in [0.3, 0.4) is 0 Å². The number of carbonyl (C=O) groups excluding carboxylic acids is 1. The van der Waals surface area contributed by atoms with E-state index in [0.717, 1.165) is 12.3 Å². The SMILES string of the molecule is COC(=O)CCCCCCC[C@@H]1C[C@H]2[C@@H]3[C@H]4[C@@H]5CC[C@@H]5[C@H]4[C@@H]3[C@@H]12. The highest BCUT2D eigenvalue weighted by atomic mass is 16.5. The Balaban J connectivity index is 0.969. The molecule has 2 nitrogen and oxygen atoms in total. The molecule has 0 radical (unpaired) electrons. The van der Waals surface area contributed by atoms with Crippen molar-refractivity contribution >= 4 is 5.97 Å². The van der Waals surface area contributed by atoms with Gasteiger partial charge < -0.3 is 4.74 Å². The van der Waals surface area contributed by atoms with Crippen LogP contribution in [0.15, 0.2) is 0 Å². The van der Waals surface area contributed by atoms with Crippen LogP contribution in [0.25, 0.3) is 0 Å². The predicted molar refractivity (Wildman–Crippen MR) is 89.6 cm³/mol. The zero-order chi connectivity index (χ0) is 15.6. The summed E-state index contributed by atoms with van der Waals surface area (Å²) < 4.78 is 4.68. The molecule has 5 rings (SSSR count). The van der Waals surface area contributed by atoms with E-state index in [1.54, 1.807) is 19.3 Å². The molecule has 0 saturated heterocycles. The van der Waals surface area contributed by atoms with Crippen molar-refractivity contribution in [2.75, 3.05) is 7.11 Å². The van der Waals surface area contributed by atoms with Gasteiger partial charge >= 0.3 is 5.97 Å². The Morgan fingerprint density at radius 2 is 1.48 bits per heavy atom. The minimum atomic E-state index is -0.0476. The highest BCUT2D eigenvalue weighted by molar-refractivity contribution is 5.68. The topological polar surface area (TPSA) is 26.3 Å². The maximum atomic E-state index is 11.1. The predicted octanol–water partition coefficient (Wildman–Crippen LogP) is 4.67. The summed E-state index contributed by atoms with van der Waals surface area (Å²) in [7, 11) is 1.48. The Labute approximate surface area is 140 Å². The molecule has 0 unspecified atom stereocenters. The maximum Gasteiger partial charge on any atom is 0.305 e. The van der Waals surface area contributed by atoms with Gasteiger partial charge in [0.15, 0.2) is 0 Å². The number of carbonyl (C=O) groups is 1. The molecular weight excluding hydrogens is 284 g/mol. The lowest BCUT2D eigenvalue weighted by Gasteiger charge is -2.85. The Hall–Kier alpha value is -0.530. The van der Waals surface area contributed by atoms with E-state index in [9.17, 15) is 4.79 Å². The van der Waals surface area contributed by atoms with Crippen LogP contribution in [-0.4, -0.2) is 13.1 Å². The van der Waals surface area contributed by atoms with E-state index < -0.39 is 0 Å². The molecule has 128 valence electrons. The third kappa shape index (κ3) is 1.96. The third-order valence-corrected chi connectivity index (χ3v) is 8.89. The second-order valence-corrected chi connectivity index (χ2v) is 9.33. The van der Waals surface area contributed by atoms with Crippen LogP contribution >= 0.6 is 0 Å². The first-order valence-electron chi connectivity index (χ1n) is 10.4. The van der Waals surface area contributed by atoms with Crippen molar-refractivity contribution in [3.05, 3.63) is 0 Å². The molecule has 0 bridgehead atoms. The van der Waals surface area contributed by atoms with Crippen molar-refractivity contribution in [1.82, 2.24) is 0 Å². The zero-order valence-corrected chi connectivity index (χ0v) is 14.6. The summed E-state index contributed by atoms with van der Waals surface area (Å²) in [6.45, 7) is 0. The number of rotatable bonds is 8. The number of esters is 1. The van der Waals surface area contributed by atoms with Crippen molar-refractivity contribution < 1.29 is 9.53 Å². The molecule has 5 aliphatic rings. The van der Waals surface area contributed by atoms with E-state index in [4.69, 9.17) is 0 Å². The van der Waals surface area contributed by atoms with Crippen LogP contribution in [0.1, 0.15) is 64.2 Å². The highest BCUT2D eigenvalue weighted by Crippen LogP contribution is 2.84. The van der Waals surface area contributed by atoms with Crippen molar-refractivity contribution in [3.63, 3.8) is 0 Å². The summed E-state index contributed by atoms with van der Waals surface area (Å²) in [6.07, 6.45) is 13.2. The number of ether oxygens (including phenoxy) is 1.